The molecule has 1 spiro atoms. The van der Waals surface area contributed by atoms with E-state index in [9.17, 15) is 14.7 Å². The number of rotatable bonds is 16. The number of ether oxygens (including phenoxy) is 2. The summed E-state index contributed by atoms with van der Waals surface area (Å²) in [7, 11) is 0. The standard InChI is InChI=1S/C64H81N13O6S/c1-40(2)59(63(80)76-23-7-9-53(76)62(79)68-41(3)44-11-13-45(14-12-44)60-42(4)67-39-84-60)56-34-57(71-83-56)73-24-18-43(19-25-73)35-72-26-20-64(21-27-72)38-74(28-29-81-64)49-30-50(31-49)82-58-32-46(17-22-66-58)77-47-15-16-48(77)37-75(36-47)54-33-52(69-70-61(54)65)51-8-5-6-10-55(51)78/h5-6,8,10-14,17,22,32-34,39-41,43,47-50,53,59,78H,7,9,15-16,18-21,23-31,35-38H2,1-4H3,(H2,65,70)(H,68,79)/t41-,47?,48?,49?,50?,53-,59+/m0/s1. The monoisotopic (exact) mass is 1160 g/mol. The third-order valence-electron chi connectivity index (χ3n) is 19.6. The van der Waals surface area contributed by atoms with Gasteiger partial charge in [0, 0.05) is 126 Å². The first-order chi connectivity index (χ1) is 40.8. The van der Waals surface area contributed by atoms with E-state index in [1.165, 1.54) is 0 Å². The van der Waals surface area contributed by atoms with Gasteiger partial charge in [0.15, 0.2) is 17.4 Å². The molecule has 4 N–H and O–H groups in total. The van der Waals surface area contributed by atoms with Crippen LogP contribution in [0.2, 0.25) is 0 Å². The summed E-state index contributed by atoms with van der Waals surface area (Å²) in [6.07, 6.45) is 11.9. The number of carbonyl (C=O) groups is 2. The van der Waals surface area contributed by atoms with Gasteiger partial charge in [0.2, 0.25) is 17.7 Å². The van der Waals surface area contributed by atoms with E-state index in [0.717, 1.165) is 162 Å². The second-order valence-electron chi connectivity index (χ2n) is 25.3. The Morgan fingerprint density at radius 2 is 1.64 bits per heavy atom. The number of hydrogen-bond acceptors (Lipinski definition) is 18. The van der Waals surface area contributed by atoms with Crippen molar-refractivity contribution in [3.05, 3.63) is 102 Å². The van der Waals surface area contributed by atoms with Gasteiger partial charge in [-0.05, 0) is 112 Å². The van der Waals surface area contributed by atoms with Crippen LogP contribution in [-0.4, -0.2) is 165 Å². The van der Waals surface area contributed by atoms with Gasteiger partial charge < -0.3 is 54.7 Å². The van der Waals surface area contributed by atoms with Gasteiger partial charge in [-0.1, -0.05) is 55.4 Å². The molecule has 6 saturated heterocycles. The summed E-state index contributed by atoms with van der Waals surface area (Å²) in [5.74, 6) is 2.47. The predicted octanol–water partition coefficient (Wildman–Crippen LogP) is 8.71. The van der Waals surface area contributed by atoms with Gasteiger partial charge in [-0.25, -0.2) is 9.97 Å². The number of thiazole rings is 1. The number of benzene rings is 2. The van der Waals surface area contributed by atoms with Crippen molar-refractivity contribution in [2.24, 2.45) is 11.8 Å². The molecule has 4 aromatic heterocycles. The van der Waals surface area contributed by atoms with Crippen LogP contribution in [0.4, 0.5) is 23.0 Å². The van der Waals surface area contributed by atoms with Gasteiger partial charge in [0.25, 0.3) is 0 Å². The molecule has 2 aromatic carbocycles. The highest BCUT2D eigenvalue weighted by Crippen LogP contribution is 2.42. The fourth-order valence-electron chi connectivity index (χ4n) is 14.7. The van der Waals surface area contributed by atoms with Crippen molar-refractivity contribution in [1.29, 1.82) is 0 Å². The number of carbonyl (C=O) groups excluding carboxylic acids is 2. The van der Waals surface area contributed by atoms with Crippen LogP contribution in [0.5, 0.6) is 11.6 Å². The summed E-state index contributed by atoms with van der Waals surface area (Å²) in [5, 5.41) is 26.9. The number of piperazine rings is 1. The molecule has 10 heterocycles. The van der Waals surface area contributed by atoms with Gasteiger partial charge in [-0.2, -0.15) is 0 Å². The Balaban J connectivity index is 0.544. The molecule has 1 saturated carbocycles. The Morgan fingerprint density at radius 1 is 0.869 bits per heavy atom. The lowest BCUT2D eigenvalue weighted by Gasteiger charge is -2.52. The molecule has 5 atom stereocenters. The number of hydrogen-bond donors (Lipinski definition) is 3. The number of amides is 2. The predicted molar refractivity (Wildman–Crippen MR) is 325 cm³/mol. The van der Waals surface area contributed by atoms with Crippen LogP contribution < -0.4 is 30.5 Å². The summed E-state index contributed by atoms with van der Waals surface area (Å²) in [4.78, 5) is 52.8. The molecule has 19 nitrogen and oxygen atoms in total. The lowest BCUT2D eigenvalue weighted by Crippen LogP contribution is -2.61. The van der Waals surface area contributed by atoms with Crippen LogP contribution >= 0.6 is 11.3 Å². The number of fused-ring (bicyclic) bond motifs is 2. The lowest BCUT2D eigenvalue weighted by molar-refractivity contribution is -0.155. The molecule has 84 heavy (non-hydrogen) atoms. The van der Waals surface area contributed by atoms with Crippen molar-refractivity contribution < 1.29 is 28.7 Å². The van der Waals surface area contributed by atoms with E-state index in [-0.39, 0.29) is 41.2 Å². The van der Waals surface area contributed by atoms with Crippen molar-refractivity contribution in [1.82, 2.24) is 45.3 Å². The molecule has 2 bridgehead atoms. The molecule has 13 rings (SSSR count). The molecule has 6 aliphatic heterocycles. The molecule has 20 heteroatoms. The highest BCUT2D eigenvalue weighted by atomic mass is 32.1. The van der Waals surface area contributed by atoms with Crippen LogP contribution in [0.1, 0.15) is 114 Å². The first kappa shape index (κ1) is 56.3. The van der Waals surface area contributed by atoms with Crippen LogP contribution in [0.3, 0.4) is 0 Å². The SMILES string of the molecule is Cc1ncsc1-c1ccc([C@H](C)NC(=O)[C@@H]2CCCN2C(=O)[C@@H](c2cc(N3CCC(CN4CCC5(CC4)CN(C4CC(Oc6cc(N7C8CCC7CN(c7cc(-c9ccccc9O)nnc7N)C8)ccn6)C4)CCO5)CC3)no2)C(C)C)cc1. The zero-order chi connectivity index (χ0) is 57.6. The third-order valence-corrected chi connectivity index (χ3v) is 20.5. The van der Waals surface area contributed by atoms with Crippen molar-refractivity contribution in [3.8, 4) is 33.3 Å². The first-order valence-corrected chi connectivity index (χ1v) is 31.7. The number of para-hydroxylation sites is 1. The summed E-state index contributed by atoms with van der Waals surface area (Å²) in [5.41, 5.74) is 14.6. The molecule has 7 aliphatic rings. The van der Waals surface area contributed by atoms with E-state index in [2.05, 4.69) is 86.6 Å². The summed E-state index contributed by atoms with van der Waals surface area (Å²) in [6, 6.07) is 24.0. The molecule has 1 aliphatic carbocycles. The number of nitrogen functional groups attached to an aromatic ring is 1. The fraction of sp³-hybridized carbons (Fsp3) is 0.547. The van der Waals surface area contributed by atoms with Crippen LogP contribution in [-0.2, 0) is 14.3 Å². The minimum Gasteiger partial charge on any atom is -0.507 e. The molecule has 7 fully saturated rings. The maximum atomic E-state index is 14.4. The number of nitrogens with zero attached hydrogens (tertiary/aromatic N) is 11. The molecule has 2 amide bonds. The molecule has 2 unspecified atom stereocenters. The van der Waals surface area contributed by atoms with Crippen molar-refractivity contribution in [3.63, 3.8) is 0 Å². The molecular weight excluding hydrogens is 1080 g/mol. The minimum atomic E-state index is -0.532. The van der Waals surface area contributed by atoms with Crippen LogP contribution in [0.25, 0.3) is 21.7 Å². The van der Waals surface area contributed by atoms with Crippen molar-refractivity contribution in [2.45, 2.75) is 140 Å². The Morgan fingerprint density at radius 3 is 2.38 bits per heavy atom. The topological polar surface area (TPSA) is 208 Å². The Hall–Kier alpha value is -6.87. The fourth-order valence-corrected chi connectivity index (χ4v) is 15.6. The number of piperidine rings is 2. The molecular formula is C64H81N13O6S. The summed E-state index contributed by atoms with van der Waals surface area (Å²) in [6.45, 7) is 18.0. The van der Waals surface area contributed by atoms with Crippen LogP contribution in [0, 0.1) is 18.8 Å². The number of likely N-dealkylation sites (tertiary alicyclic amines) is 2. The lowest BCUT2D eigenvalue weighted by atomic mass is 9.83. The van der Waals surface area contributed by atoms with Gasteiger partial charge >= 0.3 is 0 Å². The van der Waals surface area contributed by atoms with E-state index in [1.807, 2.05) is 63.7 Å². The number of pyridine rings is 1. The maximum absolute atomic E-state index is 14.4. The van der Waals surface area contributed by atoms with Gasteiger partial charge in [-0.3, -0.25) is 14.5 Å². The zero-order valence-corrected chi connectivity index (χ0v) is 49.8. The molecule has 0 radical (unpaired) electrons. The van der Waals surface area contributed by atoms with E-state index >= 15 is 0 Å². The maximum Gasteiger partial charge on any atom is 0.243 e. The Kier molecular flexibility index (Phi) is 16.0. The van der Waals surface area contributed by atoms with Crippen molar-refractivity contribution in [2.75, 3.05) is 92.5 Å². The van der Waals surface area contributed by atoms with E-state index in [0.29, 0.717) is 65.7 Å². The Labute approximate surface area is 496 Å². The average Bonchev–Trinajstić information content (AvgIpc) is 4.50. The number of phenolic OH excluding ortho intramolecular Hbond substituents is 1. The largest absolute Gasteiger partial charge is 0.507 e. The number of aromatic hydroxyl groups is 1. The summed E-state index contributed by atoms with van der Waals surface area (Å²) >= 11 is 1.63. The first-order valence-electron chi connectivity index (χ1n) is 30.8. The second kappa shape index (κ2) is 23.9. The highest BCUT2D eigenvalue weighted by molar-refractivity contribution is 7.13. The van der Waals surface area contributed by atoms with E-state index < -0.39 is 12.0 Å². The number of nitrogens with two attached hydrogens (primary N) is 1. The molecule has 6 aromatic rings. The average molecular weight is 1160 g/mol. The number of aromatic nitrogens is 5. The smallest absolute Gasteiger partial charge is 0.243 e. The zero-order valence-electron chi connectivity index (χ0n) is 49.0. The van der Waals surface area contributed by atoms with Gasteiger partial charge in [0.1, 0.15) is 23.8 Å². The number of morpholine rings is 1. The normalized spacial score (nSPS) is 24.6. The van der Waals surface area contributed by atoms with Gasteiger partial charge in [0.05, 0.1) is 45.7 Å². The van der Waals surface area contributed by atoms with E-state index in [1.54, 1.807) is 28.4 Å². The summed E-state index contributed by atoms with van der Waals surface area (Å²) < 4.78 is 19.3. The highest BCUT2D eigenvalue weighted by Gasteiger charge is 2.46. The second-order valence-corrected chi connectivity index (χ2v) is 26.1. The van der Waals surface area contributed by atoms with E-state index in [4.69, 9.17) is 24.7 Å². The quantitative estimate of drug-likeness (QED) is 0.0828. The Bertz CT molecular complexity index is 3270. The van der Waals surface area contributed by atoms with Crippen LogP contribution in [0.15, 0.2) is 89.0 Å². The number of nitrogens with one attached hydrogen (secondary N) is 1. The number of aryl methyl sites for hydroxylation is 1. The third kappa shape index (κ3) is 11.5. The number of phenols is 1. The van der Waals surface area contributed by atoms with Gasteiger partial charge in [-0.15, -0.1) is 21.5 Å². The van der Waals surface area contributed by atoms with Crippen molar-refractivity contribution >= 4 is 46.2 Å². The molecule has 444 valence electrons. The minimum absolute atomic E-state index is 0.0400. The number of anilines is 4.